The number of hydroxylamine groups is 2. The van der Waals surface area contributed by atoms with Crippen LogP contribution in [0.5, 0.6) is 0 Å². The number of carbonyl (C=O) groups is 1. The van der Waals surface area contributed by atoms with Crippen LogP contribution in [0.15, 0.2) is 0 Å². The van der Waals surface area contributed by atoms with Crippen LogP contribution in [0.4, 0.5) is 0 Å². The molecule has 0 saturated carbocycles. The summed E-state index contributed by atoms with van der Waals surface area (Å²) in [6, 6.07) is 0. The fraction of sp³-hybridized carbons (Fsp3) is 0.923. The maximum Gasteiger partial charge on any atom is 0.245 e. The van der Waals surface area contributed by atoms with Crippen molar-refractivity contribution in [2.24, 2.45) is 0 Å². The Labute approximate surface area is 109 Å². The average Bonchev–Trinajstić information content (AvgIpc) is 2.86. The van der Waals surface area contributed by atoms with E-state index in [1.165, 1.54) is 12.2 Å². The minimum Gasteiger partial charge on any atom is -0.348 e. The molecule has 1 fully saturated rings. The van der Waals surface area contributed by atoms with E-state index in [0.717, 1.165) is 32.1 Å². The van der Waals surface area contributed by atoms with Crippen LogP contribution in [0, 0.1) is 0 Å². The largest absolute Gasteiger partial charge is 0.348 e. The van der Waals surface area contributed by atoms with E-state index in [1.807, 2.05) is 0 Å². The molecule has 1 aliphatic heterocycles. The van der Waals surface area contributed by atoms with Crippen molar-refractivity contribution >= 4 is 5.91 Å². The number of ether oxygens (including phenoxy) is 2. The van der Waals surface area contributed by atoms with E-state index in [0.29, 0.717) is 19.6 Å². The fourth-order valence-corrected chi connectivity index (χ4v) is 2.13. The third kappa shape index (κ3) is 4.55. The molecule has 0 unspecified atom stereocenters. The molecule has 18 heavy (non-hydrogen) atoms. The standard InChI is InChI=1S/C13H25NO4/c1-4-13(17-10-11-18-13)9-7-5-6-8-12(15)14(2)16-3/h4-11H2,1-3H3. The van der Waals surface area contributed by atoms with Gasteiger partial charge in [-0.3, -0.25) is 9.63 Å². The van der Waals surface area contributed by atoms with Crippen LogP contribution in [0.3, 0.4) is 0 Å². The predicted octanol–water partition coefficient (Wildman–Crippen LogP) is 2.11. The molecule has 1 aliphatic rings. The van der Waals surface area contributed by atoms with Gasteiger partial charge in [0.15, 0.2) is 5.79 Å². The van der Waals surface area contributed by atoms with Gasteiger partial charge in [-0.15, -0.1) is 0 Å². The lowest BCUT2D eigenvalue weighted by atomic mass is 10.0. The van der Waals surface area contributed by atoms with Crippen molar-refractivity contribution in [1.29, 1.82) is 0 Å². The van der Waals surface area contributed by atoms with E-state index < -0.39 is 0 Å². The first-order valence-corrected chi connectivity index (χ1v) is 6.72. The summed E-state index contributed by atoms with van der Waals surface area (Å²) in [7, 11) is 3.13. The molecule has 0 aromatic carbocycles. The number of nitrogens with zero attached hydrogens (tertiary/aromatic N) is 1. The number of hydrogen-bond acceptors (Lipinski definition) is 4. The minimum atomic E-state index is -0.354. The number of carbonyl (C=O) groups excluding carboxylic acids is 1. The Morgan fingerprint density at radius 3 is 2.50 bits per heavy atom. The molecule has 0 spiro atoms. The van der Waals surface area contributed by atoms with Crippen LogP contribution < -0.4 is 0 Å². The van der Waals surface area contributed by atoms with Crippen LogP contribution in [0.25, 0.3) is 0 Å². The molecule has 0 radical (unpaired) electrons. The van der Waals surface area contributed by atoms with E-state index >= 15 is 0 Å². The Hall–Kier alpha value is -0.650. The van der Waals surface area contributed by atoms with Crippen molar-refractivity contribution in [3.8, 4) is 0 Å². The zero-order valence-corrected chi connectivity index (χ0v) is 11.7. The maximum absolute atomic E-state index is 11.5. The highest BCUT2D eigenvalue weighted by molar-refractivity contribution is 5.74. The Morgan fingerprint density at radius 1 is 1.28 bits per heavy atom. The quantitative estimate of drug-likeness (QED) is 0.495. The smallest absolute Gasteiger partial charge is 0.245 e. The van der Waals surface area contributed by atoms with Gasteiger partial charge in [-0.1, -0.05) is 13.3 Å². The van der Waals surface area contributed by atoms with Gasteiger partial charge in [0, 0.05) is 19.9 Å². The number of rotatable bonds is 8. The lowest BCUT2D eigenvalue weighted by molar-refractivity contribution is -0.169. The molecular weight excluding hydrogens is 234 g/mol. The SMILES string of the molecule is CCC1(CCCCCC(=O)N(C)OC)OCCO1. The molecule has 5 nitrogen and oxygen atoms in total. The van der Waals surface area contributed by atoms with Crippen LogP contribution in [0.1, 0.15) is 45.4 Å². The first kappa shape index (κ1) is 15.4. The molecule has 5 heteroatoms. The minimum absolute atomic E-state index is 0.0241. The van der Waals surface area contributed by atoms with Gasteiger partial charge >= 0.3 is 0 Å². The molecule has 1 saturated heterocycles. The van der Waals surface area contributed by atoms with Gasteiger partial charge in [0.2, 0.25) is 5.91 Å². The number of amides is 1. The normalized spacial score (nSPS) is 17.9. The Balaban J connectivity index is 2.09. The molecule has 0 atom stereocenters. The van der Waals surface area contributed by atoms with Crippen LogP contribution in [-0.2, 0) is 19.1 Å². The fourth-order valence-electron chi connectivity index (χ4n) is 2.13. The summed E-state index contributed by atoms with van der Waals surface area (Å²) < 4.78 is 11.3. The molecule has 0 aromatic rings. The number of unbranched alkanes of at least 4 members (excludes halogenated alkanes) is 2. The van der Waals surface area contributed by atoms with Crippen molar-refractivity contribution < 1.29 is 19.1 Å². The van der Waals surface area contributed by atoms with Crippen molar-refractivity contribution in [1.82, 2.24) is 5.06 Å². The first-order chi connectivity index (χ1) is 8.63. The highest BCUT2D eigenvalue weighted by Crippen LogP contribution is 2.29. The monoisotopic (exact) mass is 259 g/mol. The van der Waals surface area contributed by atoms with E-state index in [1.54, 1.807) is 7.05 Å². The van der Waals surface area contributed by atoms with E-state index in [-0.39, 0.29) is 11.7 Å². The second-order valence-electron chi connectivity index (χ2n) is 4.60. The number of hydrogen-bond donors (Lipinski definition) is 0. The molecule has 106 valence electrons. The van der Waals surface area contributed by atoms with Gasteiger partial charge < -0.3 is 9.47 Å². The lowest BCUT2D eigenvalue weighted by Gasteiger charge is -2.25. The van der Waals surface area contributed by atoms with Crippen LogP contribution in [-0.4, -0.2) is 44.1 Å². The Morgan fingerprint density at radius 2 is 1.94 bits per heavy atom. The highest BCUT2D eigenvalue weighted by Gasteiger charge is 2.33. The molecule has 1 amide bonds. The summed E-state index contributed by atoms with van der Waals surface area (Å²) in [6.07, 6.45) is 5.25. The second-order valence-corrected chi connectivity index (χ2v) is 4.60. The summed E-state index contributed by atoms with van der Waals surface area (Å²) in [5.41, 5.74) is 0. The topological polar surface area (TPSA) is 48.0 Å². The maximum atomic E-state index is 11.5. The average molecular weight is 259 g/mol. The predicted molar refractivity (Wildman–Crippen MR) is 67.8 cm³/mol. The Bertz CT molecular complexity index is 251. The van der Waals surface area contributed by atoms with Gasteiger partial charge in [-0.2, -0.15) is 0 Å². The molecule has 1 heterocycles. The van der Waals surface area contributed by atoms with Crippen molar-refractivity contribution in [2.75, 3.05) is 27.4 Å². The molecule has 1 rings (SSSR count). The van der Waals surface area contributed by atoms with Gasteiger partial charge in [-0.25, -0.2) is 5.06 Å². The summed E-state index contributed by atoms with van der Waals surface area (Å²) in [5, 5.41) is 1.27. The van der Waals surface area contributed by atoms with E-state index in [9.17, 15) is 4.79 Å². The second kappa shape index (κ2) is 7.71. The molecule has 0 aromatic heterocycles. The summed E-state index contributed by atoms with van der Waals surface area (Å²) >= 11 is 0. The molecule has 0 N–H and O–H groups in total. The highest BCUT2D eigenvalue weighted by atomic mass is 16.7. The van der Waals surface area contributed by atoms with Gasteiger partial charge in [0.25, 0.3) is 0 Å². The Kier molecular flexibility index (Phi) is 6.60. The zero-order valence-electron chi connectivity index (χ0n) is 11.7. The molecule has 0 aliphatic carbocycles. The van der Waals surface area contributed by atoms with Gasteiger partial charge in [-0.05, 0) is 19.3 Å². The van der Waals surface area contributed by atoms with Crippen molar-refractivity contribution in [2.45, 2.75) is 51.2 Å². The molecule has 0 bridgehead atoms. The van der Waals surface area contributed by atoms with Crippen molar-refractivity contribution in [3.05, 3.63) is 0 Å². The van der Waals surface area contributed by atoms with E-state index in [4.69, 9.17) is 14.3 Å². The summed E-state index contributed by atoms with van der Waals surface area (Å²) in [5.74, 6) is -0.330. The van der Waals surface area contributed by atoms with Crippen molar-refractivity contribution in [3.63, 3.8) is 0 Å². The molecular formula is C13H25NO4. The van der Waals surface area contributed by atoms with E-state index in [2.05, 4.69) is 6.92 Å². The summed E-state index contributed by atoms with van der Waals surface area (Å²) in [4.78, 5) is 16.3. The third-order valence-electron chi connectivity index (χ3n) is 3.43. The van der Waals surface area contributed by atoms with Crippen LogP contribution in [0.2, 0.25) is 0 Å². The van der Waals surface area contributed by atoms with Gasteiger partial charge in [0.1, 0.15) is 0 Å². The lowest BCUT2D eigenvalue weighted by Crippen LogP contribution is -2.29. The third-order valence-corrected chi connectivity index (χ3v) is 3.43. The first-order valence-electron chi connectivity index (χ1n) is 6.72. The summed E-state index contributed by atoms with van der Waals surface area (Å²) in [6.45, 7) is 3.48. The van der Waals surface area contributed by atoms with Gasteiger partial charge in [0.05, 0.1) is 20.3 Å². The zero-order chi connectivity index (χ0) is 13.4. The van der Waals surface area contributed by atoms with Crippen LogP contribution >= 0.6 is 0 Å².